The van der Waals surface area contributed by atoms with Crippen molar-refractivity contribution in [2.24, 2.45) is 5.41 Å². The second kappa shape index (κ2) is 6.90. The Balaban J connectivity index is 1.44. The summed E-state index contributed by atoms with van der Waals surface area (Å²) in [6.07, 6.45) is 0. The van der Waals surface area contributed by atoms with Crippen LogP contribution in [0.3, 0.4) is 0 Å². The van der Waals surface area contributed by atoms with Crippen molar-refractivity contribution in [2.45, 2.75) is 6.92 Å². The van der Waals surface area contributed by atoms with Gasteiger partial charge >= 0.3 is 5.97 Å². The SMILES string of the molecule is Cc1nn(-c2ccccc2)c2nc(C(=O)O)cc(-c3ccc(N4CC5(COC5)C4)cc3)c12. The number of hydrogen-bond acceptors (Lipinski definition) is 5. The van der Waals surface area contributed by atoms with E-state index in [0.717, 1.165) is 54.2 Å². The highest BCUT2D eigenvalue weighted by atomic mass is 16.5. The molecule has 0 atom stereocenters. The van der Waals surface area contributed by atoms with Crippen molar-refractivity contribution in [3.05, 3.63) is 72.1 Å². The minimum absolute atomic E-state index is 0.00308. The number of para-hydroxylation sites is 1. The fraction of sp³-hybridized carbons (Fsp3) is 0.240. The summed E-state index contributed by atoms with van der Waals surface area (Å²) in [5.74, 6) is -1.06. The summed E-state index contributed by atoms with van der Waals surface area (Å²) in [7, 11) is 0. The standard InChI is InChI=1S/C25H22N4O3/c1-16-22-20(17-7-9-18(10-8-17)28-12-25(13-28)14-32-15-25)11-21(24(30)31)26-23(22)29(27-16)19-5-3-2-4-6-19/h2-11H,12-15H2,1H3,(H,30,31). The van der Waals surface area contributed by atoms with Crippen molar-refractivity contribution in [1.29, 1.82) is 0 Å². The van der Waals surface area contributed by atoms with Crippen LogP contribution in [0.2, 0.25) is 0 Å². The number of anilines is 1. The Bertz CT molecular complexity index is 1330. The molecule has 2 aromatic heterocycles. The maximum atomic E-state index is 11.9. The number of ether oxygens (including phenoxy) is 1. The fourth-order valence-corrected chi connectivity index (χ4v) is 4.75. The molecule has 0 saturated carbocycles. The van der Waals surface area contributed by atoms with Crippen LogP contribution in [0.15, 0.2) is 60.7 Å². The van der Waals surface area contributed by atoms with Gasteiger partial charge in [-0.05, 0) is 48.4 Å². The van der Waals surface area contributed by atoms with Gasteiger partial charge in [-0.1, -0.05) is 30.3 Å². The average Bonchev–Trinajstić information content (AvgIpc) is 3.09. The zero-order chi connectivity index (χ0) is 21.9. The van der Waals surface area contributed by atoms with E-state index in [1.807, 2.05) is 37.3 Å². The predicted molar refractivity (Wildman–Crippen MR) is 121 cm³/mol. The van der Waals surface area contributed by atoms with Gasteiger partial charge in [0, 0.05) is 18.8 Å². The summed E-state index contributed by atoms with van der Waals surface area (Å²) >= 11 is 0. The van der Waals surface area contributed by atoms with Crippen LogP contribution in [0.1, 0.15) is 16.2 Å². The van der Waals surface area contributed by atoms with E-state index in [-0.39, 0.29) is 5.69 Å². The predicted octanol–water partition coefficient (Wildman–Crippen LogP) is 3.93. The van der Waals surface area contributed by atoms with E-state index >= 15 is 0 Å². The topological polar surface area (TPSA) is 80.5 Å². The van der Waals surface area contributed by atoms with Gasteiger partial charge in [-0.25, -0.2) is 14.5 Å². The van der Waals surface area contributed by atoms with Gasteiger partial charge in [-0.2, -0.15) is 5.10 Å². The van der Waals surface area contributed by atoms with Crippen molar-refractivity contribution in [1.82, 2.24) is 14.8 Å². The molecule has 7 heteroatoms. The minimum atomic E-state index is -1.06. The average molecular weight is 426 g/mol. The Morgan fingerprint density at radius 2 is 1.75 bits per heavy atom. The van der Waals surface area contributed by atoms with Gasteiger partial charge < -0.3 is 14.7 Å². The molecular weight excluding hydrogens is 404 g/mol. The second-order valence-corrected chi connectivity index (χ2v) is 8.79. The first-order valence-corrected chi connectivity index (χ1v) is 10.7. The Kier molecular flexibility index (Phi) is 4.10. The molecule has 0 amide bonds. The lowest BCUT2D eigenvalue weighted by Crippen LogP contribution is -2.66. The molecule has 1 spiro atoms. The monoisotopic (exact) mass is 426 g/mol. The number of fused-ring (bicyclic) bond motifs is 1. The third-order valence-electron chi connectivity index (χ3n) is 6.45. The third kappa shape index (κ3) is 2.89. The fourth-order valence-electron chi connectivity index (χ4n) is 4.75. The van der Waals surface area contributed by atoms with E-state index in [2.05, 4.69) is 39.2 Å². The molecule has 0 radical (unpaired) electrons. The number of carboxylic acids is 1. The third-order valence-corrected chi connectivity index (χ3v) is 6.45. The Hall–Kier alpha value is -3.71. The number of aryl methyl sites for hydroxylation is 1. The molecule has 6 rings (SSSR count). The number of rotatable bonds is 4. The first-order valence-electron chi connectivity index (χ1n) is 10.7. The quantitative estimate of drug-likeness (QED) is 0.533. The van der Waals surface area contributed by atoms with Crippen LogP contribution in [-0.2, 0) is 4.74 Å². The highest BCUT2D eigenvalue weighted by Crippen LogP contribution is 2.41. The number of aromatic carboxylic acids is 1. The molecule has 2 aromatic carbocycles. The normalized spacial score (nSPS) is 16.7. The molecule has 2 aliphatic heterocycles. The summed E-state index contributed by atoms with van der Waals surface area (Å²) in [6.45, 7) is 5.70. The molecule has 160 valence electrons. The molecule has 7 nitrogen and oxygen atoms in total. The molecule has 0 unspecified atom stereocenters. The molecule has 2 fully saturated rings. The number of aromatic nitrogens is 3. The van der Waals surface area contributed by atoms with Crippen LogP contribution in [-0.4, -0.2) is 52.1 Å². The van der Waals surface area contributed by atoms with Crippen LogP contribution < -0.4 is 4.90 Å². The van der Waals surface area contributed by atoms with Crippen molar-refractivity contribution in [2.75, 3.05) is 31.2 Å². The van der Waals surface area contributed by atoms with Gasteiger partial charge in [0.25, 0.3) is 0 Å². The maximum Gasteiger partial charge on any atom is 0.354 e. The van der Waals surface area contributed by atoms with Crippen molar-refractivity contribution >= 4 is 22.7 Å². The van der Waals surface area contributed by atoms with Crippen LogP contribution in [0.5, 0.6) is 0 Å². The van der Waals surface area contributed by atoms with Gasteiger partial charge in [0.2, 0.25) is 0 Å². The summed E-state index contributed by atoms with van der Waals surface area (Å²) in [5, 5.41) is 15.3. The zero-order valence-corrected chi connectivity index (χ0v) is 17.7. The lowest BCUT2D eigenvalue weighted by atomic mass is 9.78. The largest absolute Gasteiger partial charge is 0.477 e. The van der Waals surface area contributed by atoms with Gasteiger partial charge in [0.05, 0.1) is 35.4 Å². The van der Waals surface area contributed by atoms with Gasteiger partial charge in [0.1, 0.15) is 0 Å². The number of nitrogens with zero attached hydrogens (tertiary/aromatic N) is 4. The highest BCUT2D eigenvalue weighted by molar-refractivity contribution is 6.00. The van der Waals surface area contributed by atoms with E-state index in [0.29, 0.717) is 11.1 Å². The maximum absolute atomic E-state index is 11.9. The zero-order valence-electron chi connectivity index (χ0n) is 17.7. The Morgan fingerprint density at radius 1 is 1.03 bits per heavy atom. The van der Waals surface area contributed by atoms with Gasteiger partial charge in [-0.3, -0.25) is 0 Å². The van der Waals surface area contributed by atoms with Crippen LogP contribution in [0, 0.1) is 12.3 Å². The van der Waals surface area contributed by atoms with Crippen LogP contribution in [0.4, 0.5) is 5.69 Å². The van der Waals surface area contributed by atoms with E-state index in [9.17, 15) is 9.90 Å². The molecular formula is C25H22N4O3. The minimum Gasteiger partial charge on any atom is -0.477 e. The summed E-state index contributed by atoms with van der Waals surface area (Å²) in [5.41, 5.74) is 5.50. The van der Waals surface area contributed by atoms with E-state index < -0.39 is 5.97 Å². The second-order valence-electron chi connectivity index (χ2n) is 8.79. The lowest BCUT2D eigenvalue weighted by molar-refractivity contribution is -0.127. The smallest absolute Gasteiger partial charge is 0.354 e. The van der Waals surface area contributed by atoms with Crippen LogP contribution >= 0.6 is 0 Å². The van der Waals surface area contributed by atoms with E-state index in [1.54, 1.807) is 10.7 Å². The first kappa shape index (κ1) is 19.0. The molecule has 0 aliphatic carbocycles. The summed E-state index contributed by atoms with van der Waals surface area (Å²) < 4.78 is 7.09. The molecule has 2 aliphatic rings. The molecule has 2 saturated heterocycles. The summed E-state index contributed by atoms with van der Waals surface area (Å²) in [6, 6.07) is 19.6. The van der Waals surface area contributed by atoms with Gasteiger partial charge in [-0.15, -0.1) is 0 Å². The van der Waals surface area contributed by atoms with Crippen LogP contribution in [0.25, 0.3) is 27.8 Å². The van der Waals surface area contributed by atoms with Crippen molar-refractivity contribution in [3.8, 4) is 16.8 Å². The van der Waals surface area contributed by atoms with Gasteiger partial charge in [0.15, 0.2) is 11.3 Å². The molecule has 4 aromatic rings. The Morgan fingerprint density at radius 3 is 2.38 bits per heavy atom. The van der Waals surface area contributed by atoms with Crippen molar-refractivity contribution < 1.29 is 14.6 Å². The molecule has 4 heterocycles. The number of carbonyl (C=O) groups is 1. The molecule has 1 N–H and O–H groups in total. The number of hydrogen-bond donors (Lipinski definition) is 1. The van der Waals surface area contributed by atoms with Crippen molar-refractivity contribution in [3.63, 3.8) is 0 Å². The molecule has 32 heavy (non-hydrogen) atoms. The highest BCUT2D eigenvalue weighted by Gasteiger charge is 2.48. The van der Waals surface area contributed by atoms with E-state index in [1.165, 1.54) is 5.69 Å². The Labute approximate surface area is 184 Å². The number of carboxylic acid groups (broad SMARTS) is 1. The lowest BCUT2D eigenvalue weighted by Gasteiger charge is -2.56. The molecule has 0 bridgehead atoms. The number of pyridine rings is 1. The number of benzene rings is 2. The first-order chi connectivity index (χ1) is 15.5. The van der Waals surface area contributed by atoms with E-state index in [4.69, 9.17) is 4.74 Å². The summed E-state index contributed by atoms with van der Waals surface area (Å²) in [4.78, 5) is 18.7.